The van der Waals surface area contributed by atoms with Crippen LogP contribution in [-0.2, 0) is 0 Å². The Bertz CT molecular complexity index is 387. The van der Waals surface area contributed by atoms with Gasteiger partial charge in [0.25, 0.3) is 0 Å². The van der Waals surface area contributed by atoms with E-state index in [2.05, 4.69) is 4.98 Å². The van der Waals surface area contributed by atoms with Crippen LogP contribution in [0, 0.1) is 6.92 Å². The first-order valence-electron chi connectivity index (χ1n) is 4.98. The Balaban J connectivity index is 3.12. The molecule has 1 rings (SSSR count). The fourth-order valence-corrected chi connectivity index (χ4v) is 1.43. The molecule has 1 heterocycles. The predicted octanol–water partition coefficient (Wildman–Crippen LogP) is 3.71. The van der Waals surface area contributed by atoms with E-state index in [-0.39, 0.29) is 0 Å². The summed E-state index contributed by atoms with van der Waals surface area (Å²) in [5, 5.41) is 0. The summed E-state index contributed by atoms with van der Waals surface area (Å²) in [6.45, 7) is 5.56. The highest BCUT2D eigenvalue weighted by Gasteiger charge is 2.00. The van der Waals surface area contributed by atoms with Gasteiger partial charge in [-0.2, -0.15) is 0 Å². The summed E-state index contributed by atoms with van der Waals surface area (Å²) in [6, 6.07) is 3.95. The van der Waals surface area contributed by atoms with Crippen molar-refractivity contribution in [1.82, 2.24) is 4.98 Å². The van der Waals surface area contributed by atoms with Gasteiger partial charge in [-0.25, -0.2) is 4.39 Å². The molecule has 0 saturated heterocycles. The van der Waals surface area contributed by atoms with E-state index in [0.29, 0.717) is 0 Å². The van der Waals surface area contributed by atoms with Crippen molar-refractivity contribution in [3.63, 3.8) is 0 Å². The maximum atomic E-state index is 12.1. The van der Waals surface area contributed by atoms with Gasteiger partial charge < -0.3 is 0 Å². The lowest BCUT2D eigenvalue weighted by atomic mass is 10.0. The SMILES string of the molecule is CC(C)=C(/C=C\CF)c1ccnc(C)c1. The molecule has 2 heteroatoms. The van der Waals surface area contributed by atoms with Crippen molar-refractivity contribution >= 4 is 5.57 Å². The highest BCUT2D eigenvalue weighted by Crippen LogP contribution is 2.20. The maximum Gasteiger partial charge on any atom is 0.108 e. The Morgan fingerprint density at radius 2 is 2.20 bits per heavy atom. The predicted molar refractivity (Wildman–Crippen MR) is 62.4 cm³/mol. The summed E-state index contributed by atoms with van der Waals surface area (Å²) in [6.07, 6.45) is 5.12. The Hall–Kier alpha value is -1.44. The van der Waals surface area contributed by atoms with E-state index >= 15 is 0 Å². The number of aromatic nitrogens is 1. The number of rotatable bonds is 3. The first-order valence-corrected chi connectivity index (χ1v) is 4.98. The van der Waals surface area contributed by atoms with Crippen LogP contribution in [0.5, 0.6) is 0 Å². The molecule has 0 N–H and O–H groups in total. The lowest BCUT2D eigenvalue weighted by molar-refractivity contribution is 0.562. The van der Waals surface area contributed by atoms with E-state index in [9.17, 15) is 4.39 Å². The number of halogens is 1. The molecule has 80 valence electrons. The number of allylic oxidation sites excluding steroid dienone is 4. The molecule has 0 radical (unpaired) electrons. The Kier molecular flexibility index (Phi) is 4.22. The van der Waals surface area contributed by atoms with Crippen LogP contribution < -0.4 is 0 Å². The highest BCUT2D eigenvalue weighted by atomic mass is 19.1. The quantitative estimate of drug-likeness (QED) is 0.685. The van der Waals surface area contributed by atoms with Gasteiger partial charge in [0.2, 0.25) is 0 Å². The third kappa shape index (κ3) is 3.31. The minimum atomic E-state index is -0.430. The Morgan fingerprint density at radius 3 is 2.73 bits per heavy atom. The number of hydrogen-bond donors (Lipinski definition) is 0. The molecule has 1 aromatic heterocycles. The minimum absolute atomic E-state index is 0.430. The van der Waals surface area contributed by atoms with E-state index < -0.39 is 6.67 Å². The molecular formula is C13H16FN. The zero-order chi connectivity index (χ0) is 11.3. The van der Waals surface area contributed by atoms with Crippen LogP contribution in [0.25, 0.3) is 5.57 Å². The van der Waals surface area contributed by atoms with Gasteiger partial charge in [0.15, 0.2) is 0 Å². The largest absolute Gasteiger partial charge is 0.262 e. The van der Waals surface area contributed by atoms with Gasteiger partial charge in [0.05, 0.1) is 0 Å². The van der Waals surface area contributed by atoms with Crippen molar-refractivity contribution in [3.05, 3.63) is 47.3 Å². The van der Waals surface area contributed by atoms with Crippen molar-refractivity contribution in [2.45, 2.75) is 20.8 Å². The van der Waals surface area contributed by atoms with Gasteiger partial charge in [0, 0.05) is 11.9 Å². The van der Waals surface area contributed by atoms with E-state index in [1.54, 1.807) is 6.20 Å². The van der Waals surface area contributed by atoms with E-state index in [1.807, 2.05) is 39.0 Å². The number of alkyl halides is 1. The first kappa shape index (κ1) is 11.6. The number of hydrogen-bond acceptors (Lipinski definition) is 1. The second-order valence-electron chi connectivity index (χ2n) is 3.66. The molecule has 0 saturated carbocycles. The zero-order valence-corrected chi connectivity index (χ0v) is 9.42. The van der Waals surface area contributed by atoms with Crippen molar-refractivity contribution < 1.29 is 4.39 Å². The molecule has 0 aromatic carbocycles. The van der Waals surface area contributed by atoms with Crippen LogP contribution in [0.4, 0.5) is 4.39 Å². The van der Waals surface area contributed by atoms with E-state index in [0.717, 1.165) is 16.8 Å². The number of aryl methyl sites for hydroxylation is 1. The van der Waals surface area contributed by atoms with E-state index in [1.165, 1.54) is 11.6 Å². The lowest BCUT2D eigenvalue weighted by Crippen LogP contribution is -1.88. The summed E-state index contributed by atoms with van der Waals surface area (Å²) in [5.74, 6) is 0. The molecule has 0 bridgehead atoms. The van der Waals surface area contributed by atoms with Crippen LogP contribution in [-0.4, -0.2) is 11.7 Å². The van der Waals surface area contributed by atoms with Crippen LogP contribution in [0.1, 0.15) is 25.1 Å². The zero-order valence-electron chi connectivity index (χ0n) is 9.42. The molecule has 1 nitrogen and oxygen atoms in total. The van der Waals surface area contributed by atoms with Gasteiger partial charge in [-0.05, 0) is 44.0 Å². The Morgan fingerprint density at radius 1 is 1.47 bits per heavy atom. The number of nitrogens with zero attached hydrogens (tertiary/aromatic N) is 1. The third-order valence-corrected chi connectivity index (χ3v) is 2.12. The maximum absolute atomic E-state index is 12.1. The van der Waals surface area contributed by atoms with E-state index in [4.69, 9.17) is 0 Å². The molecule has 1 aromatic rings. The normalized spacial score (nSPS) is 10.7. The Labute approximate surface area is 90.4 Å². The number of pyridine rings is 1. The van der Waals surface area contributed by atoms with Gasteiger partial charge >= 0.3 is 0 Å². The summed E-state index contributed by atoms with van der Waals surface area (Å²) in [5.41, 5.74) is 4.30. The van der Waals surface area contributed by atoms with Crippen LogP contribution in [0.3, 0.4) is 0 Å². The molecule has 0 spiro atoms. The molecule has 0 aliphatic heterocycles. The fraction of sp³-hybridized carbons (Fsp3) is 0.308. The molecule has 0 atom stereocenters. The average molecular weight is 205 g/mol. The molecular weight excluding hydrogens is 189 g/mol. The smallest absolute Gasteiger partial charge is 0.108 e. The highest BCUT2D eigenvalue weighted by molar-refractivity contribution is 5.76. The topological polar surface area (TPSA) is 12.9 Å². The second-order valence-corrected chi connectivity index (χ2v) is 3.66. The van der Waals surface area contributed by atoms with Crippen molar-refractivity contribution in [3.8, 4) is 0 Å². The van der Waals surface area contributed by atoms with Crippen LogP contribution in [0.2, 0.25) is 0 Å². The summed E-state index contributed by atoms with van der Waals surface area (Å²) >= 11 is 0. The average Bonchev–Trinajstić information content (AvgIpc) is 2.18. The monoisotopic (exact) mass is 205 g/mol. The van der Waals surface area contributed by atoms with Gasteiger partial charge in [-0.3, -0.25) is 4.98 Å². The molecule has 0 amide bonds. The standard InChI is InChI=1S/C13H16FN/c1-10(2)13(5-4-7-14)12-6-8-15-11(3)9-12/h4-6,8-9H,7H2,1-3H3/b5-4-. The van der Waals surface area contributed by atoms with Crippen LogP contribution in [0.15, 0.2) is 36.1 Å². The second kappa shape index (κ2) is 5.44. The minimum Gasteiger partial charge on any atom is -0.262 e. The van der Waals surface area contributed by atoms with Gasteiger partial charge in [-0.1, -0.05) is 17.7 Å². The summed E-state index contributed by atoms with van der Waals surface area (Å²) in [7, 11) is 0. The third-order valence-electron chi connectivity index (χ3n) is 2.12. The van der Waals surface area contributed by atoms with Crippen molar-refractivity contribution in [1.29, 1.82) is 0 Å². The molecule has 0 unspecified atom stereocenters. The lowest BCUT2D eigenvalue weighted by Gasteiger charge is -2.05. The van der Waals surface area contributed by atoms with Crippen molar-refractivity contribution in [2.75, 3.05) is 6.67 Å². The summed E-state index contributed by atoms with van der Waals surface area (Å²) < 4.78 is 12.1. The summed E-state index contributed by atoms with van der Waals surface area (Å²) in [4.78, 5) is 4.14. The van der Waals surface area contributed by atoms with Gasteiger partial charge in [0.1, 0.15) is 6.67 Å². The molecule has 0 fully saturated rings. The molecule has 0 aliphatic carbocycles. The molecule has 15 heavy (non-hydrogen) atoms. The fourth-order valence-electron chi connectivity index (χ4n) is 1.43. The van der Waals surface area contributed by atoms with Crippen molar-refractivity contribution in [2.24, 2.45) is 0 Å². The van der Waals surface area contributed by atoms with Crippen LogP contribution >= 0.6 is 0 Å². The molecule has 0 aliphatic rings. The van der Waals surface area contributed by atoms with Gasteiger partial charge in [-0.15, -0.1) is 0 Å². The first-order chi connectivity index (χ1) is 7.15.